The van der Waals surface area contributed by atoms with Crippen molar-refractivity contribution in [3.05, 3.63) is 27.1 Å². The molecule has 13 heavy (non-hydrogen) atoms. The van der Waals surface area contributed by atoms with Gasteiger partial charge < -0.3 is 4.42 Å². The zero-order valence-electron chi connectivity index (χ0n) is 7.14. The van der Waals surface area contributed by atoms with Gasteiger partial charge >= 0.3 is 11.3 Å². The summed E-state index contributed by atoms with van der Waals surface area (Å²) in [5, 5.41) is 3.77. The van der Waals surface area contributed by atoms with Gasteiger partial charge in [0.2, 0.25) is 5.58 Å². The Balaban J connectivity index is 3.12. The summed E-state index contributed by atoms with van der Waals surface area (Å²) in [6, 6.07) is 0. The molecule has 2 aromatic rings. The topological polar surface area (TPSA) is 70.0 Å². The van der Waals surface area contributed by atoms with Crippen LogP contribution in [0.4, 0.5) is 0 Å². The summed E-state index contributed by atoms with van der Waals surface area (Å²) in [7, 11) is 3.02. The SMILES string of the molecule is Cn1ncc2c(oc(=O)n2C)c1=O. The molecule has 0 bridgehead atoms. The van der Waals surface area contributed by atoms with Crippen LogP contribution in [0.3, 0.4) is 0 Å². The largest absolute Gasteiger partial charge is 0.419 e. The van der Waals surface area contributed by atoms with Crippen molar-refractivity contribution in [2.45, 2.75) is 0 Å². The minimum Gasteiger partial charge on any atom is -0.402 e. The number of rotatable bonds is 0. The molecule has 2 rings (SSSR count). The molecule has 0 saturated carbocycles. The Hall–Kier alpha value is -1.85. The number of hydrogen-bond donors (Lipinski definition) is 0. The van der Waals surface area contributed by atoms with Gasteiger partial charge in [-0.2, -0.15) is 5.10 Å². The quantitative estimate of drug-likeness (QED) is 0.534. The fourth-order valence-corrected chi connectivity index (χ4v) is 1.10. The lowest BCUT2D eigenvalue weighted by Gasteiger charge is -1.93. The Labute approximate surface area is 72.0 Å². The van der Waals surface area contributed by atoms with E-state index in [9.17, 15) is 9.59 Å². The highest BCUT2D eigenvalue weighted by Gasteiger charge is 2.10. The van der Waals surface area contributed by atoms with Crippen molar-refractivity contribution in [3.63, 3.8) is 0 Å². The molecule has 0 spiro atoms. The van der Waals surface area contributed by atoms with Crippen molar-refractivity contribution in [2.75, 3.05) is 0 Å². The maximum atomic E-state index is 11.3. The molecule has 6 heteroatoms. The molecule has 6 nitrogen and oxygen atoms in total. The van der Waals surface area contributed by atoms with Crippen LogP contribution in [0.1, 0.15) is 0 Å². The summed E-state index contributed by atoms with van der Waals surface area (Å²) in [4.78, 5) is 22.4. The number of hydrogen-bond acceptors (Lipinski definition) is 4. The van der Waals surface area contributed by atoms with E-state index in [1.165, 1.54) is 24.9 Å². The average molecular weight is 181 g/mol. The molecule has 68 valence electrons. The van der Waals surface area contributed by atoms with E-state index < -0.39 is 11.3 Å². The first-order valence-electron chi connectivity index (χ1n) is 3.63. The first-order chi connectivity index (χ1) is 6.11. The average Bonchev–Trinajstić information content (AvgIpc) is 2.38. The van der Waals surface area contributed by atoms with Crippen LogP contribution in [-0.2, 0) is 14.1 Å². The van der Waals surface area contributed by atoms with Crippen LogP contribution in [0.2, 0.25) is 0 Å². The normalized spacial score (nSPS) is 10.9. The summed E-state index contributed by atoms with van der Waals surface area (Å²) in [5.74, 6) is -0.555. The minimum atomic E-state index is -0.555. The van der Waals surface area contributed by atoms with Crippen molar-refractivity contribution < 1.29 is 4.42 Å². The number of aryl methyl sites for hydroxylation is 2. The number of nitrogens with zero attached hydrogens (tertiary/aromatic N) is 3. The van der Waals surface area contributed by atoms with Gasteiger partial charge in [0, 0.05) is 14.1 Å². The van der Waals surface area contributed by atoms with Crippen molar-refractivity contribution in [3.8, 4) is 0 Å². The molecule has 0 amide bonds. The highest BCUT2D eigenvalue weighted by molar-refractivity contribution is 5.69. The highest BCUT2D eigenvalue weighted by atomic mass is 16.4. The smallest absolute Gasteiger partial charge is 0.402 e. The van der Waals surface area contributed by atoms with Gasteiger partial charge in [-0.25, -0.2) is 9.48 Å². The van der Waals surface area contributed by atoms with E-state index >= 15 is 0 Å². The minimum absolute atomic E-state index is 0.0463. The van der Waals surface area contributed by atoms with Gasteiger partial charge in [0.15, 0.2) is 0 Å². The summed E-state index contributed by atoms with van der Waals surface area (Å²) in [6.45, 7) is 0. The number of oxazole rings is 1. The van der Waals surface area contributed by atoms with E-state index in [4.69, 9.17) is 4.42 Å². The Kier molecular flexibility index (Phi) is 1.39. The second-order valence-electron chi connectivity index (χ2n) is 2.71. The predicted molar refractivity (Wildman–Crippen MR) is 44.5 cm³/mol. The first kappa shape index (κ1) is 7.78. The summed E-state index contributed by atoms with van der Waals surface area (Å²) < 4.78 is 7.10. The Morgan fingerprint density at radius 1 is 1.38 bits per heavy atom. The molecule has 2 heterocycles. The molecule has 0 N–H and O–H groups in total. The third-order valence-electron chi connectivity index (χ3n) is 1.90. The third kappa shape index (κ3) is 0.915. The van der Waals surface area contributed by atoms with Crippen molar-refractivity contribution in [1.29, 1.82) is 0 Å². The lowest BCUT2D eigenvalue weighted by molar-refractivity contribution is 0.521. The Morgan fingerprint density at radius 3 is 2.77 bits per heavy atom. The molecule has 0 unspecified atom stereocenters. The third-order valence-corrected chi connectivity index (χ3v) is 1.90. The van der Waals surface area contributed by atoms with Gasteiger partial charge in [-0.05, 0) is 0 Å². The van der Waals surface area contributed by atoms with Gasteiger partial charge in [0.05, 0.1) is 6.20 Å². The van der Waals surface area contributed by atoms with Gasteiger partial charge in [-0.15, -0.1) is 0 Å². The van der Waals surface area contributed by atoms with Crippen LogP contribution in [-0.4, -0.2) is 14.3 Å². The maximum absolute atomic E-state index is 11.3. The van der Waals surface area contributed by atoms with Crippen LogP contribution in [0.15, 0.2) is 20.2 Å². The van der Waals surface area contributed by atoms with E-state index in [1.807, 2.05) is 0 Å². The standard InChI is InChI=1S/C7H7N3O3/c1-9-4-3-8-10(2)6(11)5(4)13-7(9)12/h3H,1-2H3. The Morgan fingerprint density at radius 2 is 2.08 bits per heavy atom. The second-order valence-corrected chi connectivity index (χ2v) is 2.71. The van der Waals surface area contributed by atoms with Crippen molar-refractivity contribution >= 4 is 11.1 Å². The molecule has 0 fully saturated rings. The molecule has 0 saturated heterocycles. The van der Waals surface area contributed by atoms with E-state index in [0.717, 1.165) is 4.68 Å². The van der Waals surface area contributed by atoms with Crippen molar-refractivity contribution in [2.24, 2.45) is 14.1 Å². The Bertz CT molecular complexity index is 575. The van der Waals surface area contributed by atoms with Crippen molar-refractivity contribution in [1.82, 2.24) is 14.3 Å². The van der Waals surface area contributed by atoms with E-state index in [2.05, 4.69) is 5.10 Å². The molecule has 0 radical (unpaired) electrons. The predicted octanol–water partition coefficient (Wildman–Crippen LogP) is -0.775. The van der Waals surface area contributed by atoms with Gasteiger partial charge in [0.25, 0.3) is 0 Å². The van der Waals surface area contributed by atoms with Crippen LogP contribution in [0.5, 0.6) is 0 Å². The lowest BCUT2D eigenvalue weighted by atomic mass is 10.5. The van der Waals surface area contributed by atoms with Crippen LogP contribution in [0, 0.1) is 0 Å². The van der Waals surface area contributed by atoms with Crippen LogP contribution in [0.25, 0.3) is 11.1 Å². The second kappa shape index (κ2) is 2.32. The lowest BCUT2D eigenvalue weighted by Crippen LogP contribution is -2.18. The fraction of sp³-hybridized carbons (Fsp3) is 0.286. The monoisotopic (exact) mass is 181 g/mol. The van der Waals surface area contributed by atoms with Crippen LogP contribution >= 0.6 is 0 Å². The van der Waals surface area contributed by atoms with Gasteiger partial charge in [-0.1, -0.05) is 0 Å². The van der Waals surface area contributed by atoms with E-state index in [-0.39, 0.29) is 5.58 Å². The highest BCUT2D eigenvalue weighted by Crippen LogP contribution is 2.02. The molecule has 0 aliphatic rings. The van der Waals surface area contributed by atoms with Gasteiger partial charge in [0.1, 0.15) is 5.52 Å². The van der Waals surface area contributed by atoms with E-state index in [0.29, 0.717) is 5.52 Å². The fourth-order valence-electron chi connectivity index (χ4n) is 1.10. The van der Waals surface area contributed by atoms with Gasteiger partial charge in [-0.3, -0.25) is 9.36 Å². The molecule has 0 atom stereocenters. The number of aromatic nitrogens is 3. The molecule has 0 aliphatic carbocycles. The number of fused-ring (bicyclic) bond motifs is 1. The zero-order valence-corrected chi connectivity index (χ0v) is 7.14. The molecule has 2 aromatic heterocycles. The molecule has 0 aromatic carbocycles. The summed E-state index contributed by atoms with van der Waals surface area (Å²) in [6.07, 6.45) is 1.42. The molecular formula is C7H7N3O3. The molecular weight excluding hydrogens is 174 g/mol. The summed E-state index contributed by atoms with van der Waals surface area (Å²) in [5.41, 5.74) is 0.0494. The summed E-state index contributed by atoms with van der Waals surface area (Å²) >= 11 is 0. The zero-order chi connectivity index (χ0) is 9.59. The van der Waals surface area contributed by atoms with E-state index in [1.54, 1.807) is 0 Å². The van der Waals surface area contributed by atoms with Crippen LogP contribution < -0.4 is 11.3 Å². The molecule has 0 aliphatic heterocycles. The first-order valence-corrected chi connectivity index (χ1v) is 3.63. The maximum Gasteiger partial charge on any atom is 0.419 e.